The maximum atomic E-state index is 6.46. The molecule has 3 nitrogen and oxygen atoms in total. The average molecular weight is 268 g/mol. The molecule has 0 bridgehead atoms. The zero-order chi connectivity index (χ0) is 14.1. The van der Waals surface area contributed by atoms with Crippen LogP contribution in [0.4, 0.5) is 0 Å². The first kappa shape index (κ1) is 15.3. The summed E-state index contributed by atoms with van der Waals surface area (Å²) in [6.45, 7) is 16.0. The highest BCUT2D eigenvalue weighted by Crippen LogP contribution is 2.39. The van der Waals surface area contributed by atoms with Gasteiger partial charge in [-0.2, -0.15) is 0 Å². The fourth-order valence-corrected chi connectivity index (χ4v) is 3.27. The molecule has 1 aliphatic carbocycles. The Hall–Kier alpha value is -0.120. The van der Waals surface area contributed by atoms with Crippen LogP contribution in [-0.4, -0.2) is 48.3 Å². The summed E-state index contributed by atoms with van der Waals surface area (Å²) in [4.78, 5) is 2.58. The normalized spacial score (nSPS) is 30.2. The van der Waals surface area contributed by atoms with Gasteiger partial charge < -0.3 is 10.1 Å². The molecule has 0 aromatic rings. The third-order valence-electron chi connectivity index (χ3n) is 5.61. The molecule has 1 saturated heterocycles. The first-order valence-corrected chi connectivity index (χ1v) is 8.00. The molecule has 0 unspecified atom stereocenters. The largest absolute Gasteiger partial charge is 0.370 e. The van der Waals surface area contributed by atoms with Gasteiger partial charge in [-0.25, -0.2) is 0 Å². The lowest BCUT2D eigenvalue weighted by Crippen LogP contribution is -2.64. The SMILES string of the molecule is CCC1CC(OC(C)(C)C(C)(C)N2CCNCC2)C1. The van der Waals surface area contributed by atoms with Crippen LogP contribution in [0.2, 0.25) is 0 Å². The van der Waals surface area contributed by atoms with E-state index in [1.165, 1.54) is 19.3 Å². The summed E-state index contributed by atoms with van der Waals surface area (Å²) < 4.78 is 6.46. The highest BCUT2D eigenvalue weighted by atomic mass is 16.5. The first-order chi connectivity index (χ1) is 8.87. The molecule has 0 aromatic carbocycles. The fraction of sp³-hybridized carbons (Fsp3) is 1.00. The van der Waals surface area contributed by atoms with Gasteiger partial charge in [-0.15, -0.1) is 0 Å². The Bertz CT molecular complexity index is 289. The Kier molecular flexibility index (Phi) is 4.59. The van der Waals surface area contributed by atoms with E-state index in [0.29, 0.717) is 6.10 Å². The smallest absolute Gasteiger partial charge is 0.0807 e. The quantitative estimate of drug-likeness (QED) is 0.829. The minimum atomic E-state index is -0.0896. The van der Waals surface area contributed by atoms with Crippen LogP contribution in [0.3, 0.4) is 0 Å². The molecule has 0 atom stereocenters. The summed E-state index contributed by atoms with van der Waals surface area (Å²) in [5, 5.41) is 3.43. The standard InChI is InChI=1S/C16H32N2O/c1-6-13-11-14(12-13)19-16(4,5)15(2,3)18-9-7-17-8-10-18/h13-14,17H,6-12H2,1-5H3. The topological polar surface area (TPSA) is 24.5 Å². The summed E-state index contributed by atoms with van der Waals surface area (Å²) in [6, 6.07) is 0. The van der Waals surface area contributed by atoms with Crippen LogP contribution in [-0.2, 0) is 4.74 Å². The molecule has 2 aliphatic rings. The molecule has 112 valence electrons. The molecule has 0 radical (unpaired) electrons. The number of nitrogens with zero attached hydrogens (tertiary/aromatic N) is 1. The van der Waals surface area contributed by atoms with Crippen molar-refractivity contribution < 1.29 is 4.74 Å². The number of rotatable bonds is 5. The van der Waals surface area contributed by atoms with Crippen LogP contribution >= 0.6 is 0 Å². The van der Waals surface area contributed by atoms with E-state index in [4.69, 9.17) is 4.74 Å². The van der Waals surface area contributed by atoms with Gasteiger partial charge in [0.25, 0.3) is 0 Å². The molecular formula is C16H32N2O. The zero-order valence-electron chi connectivity index (χ0n) is 13.5. The molecule has 2 fully saturated rings. The predicted octanol–water partition coefficient (Wildman–Crippen LogP) is 2.65. The van der Waals surface area contributed by atoms with Crippen molar-refractivity contribution in [3.63, 3.8) is 0 Å². The Labute approximate surface area is 119 Å². The molecule has 1 N–H and O–H groups in total. The molecule has 1 aliphatic heterocycles. The van der Waals surface area contributed by atoms with Crippen molar-refractivity contribution >= 4 is 0 Å². The van der Waals surface area contributed by atoms with Crippen LogP contribution in [0, 0.1) is 5.92 Å². The Morgan fingerprint density at radius 2 is 1.68 bits per heavy atom. The second-order valence-electron chi connectivity index (χ2n) is 7.29. The van der Waals surface area contributed by atoms with Gasteiger partial charge >= 0.3 is 0 Å². The van der Waals surface area contributed by atoms with Gasteiger partial charge in [-0.1, -0.05) is 13.3 Å². The zero-order valence-corrected chi connectivity index (χ0v) is 13.5. The van der Waals surface area contributed by atoms with E-state index >= 15 is 0 Å². The van der Waals surface area contributed by atoms with Crippen LogP contribution < -0.4 is 5.32 Å². The van der Waals surface area contributed by atoms with Gasteiger partial charge in [0.15, 0.2) is 0 Å². The fourth-order valence-electron chi connectivity index (χ4n) is 3.27. The summed E-state index contributed by atoms with van der Waals surface area (Å²) >= 11 is 0. The summed E-state index contributed by atoms with van der Waals surface area (Å²) in [5.74, 6) is 0.906. The molecule has 1 saturated carbocycles. The van der Waals surface area contributed by atoms with E-state index in [1.807, 2.05) is 0 Å². The van der Waals surface area contributed by atoms with Crippen molar-refractivity contribution in [1.82, 2.24) is 10.2 Å². The van der Waals surface area contributed by atoms with Crippen molar-refractivity contribution in [1.29, 1.82) is 0 Å². The van der Waals surface area contributed by atoms with Crippen LogP contribution in [0.1, 0.15) is 53.9 Å². The van der Waals surface area contributed by atoms with Crippen molar-refractivity contribution in [3.05, 3.63) is 0 Å². The first-order valence-electron chi connectivity index (χ1n) is 8.00. The third kappa shape index (κ3) is 3.14. The highest BCUT2D eigenvalue weighted by molar-refractivity contribution is 4.99. The van der Waals surface area contributed by atoms with Gasteiger partial charge in [0.1, 0.15) is 0 Å². The van der Waals surface area contributed by atoms with Crippen molar-refractivity contribution in [2.45, 2.75) is 71.1 Å². The maximum absolute atomic E-state index is 6.46. The second kappa shape index (κ2) is 5.71. The summed E-state index contributed by atoms with van der Waals surface area (Å²) in [5.41, 5.74) is 0.000118. The van der Waals surface area contributed by atoms with Crippen LogP contribution in [0.5, 0.6) is 0 Å². The number of hydrogen-bond donors (Lipinski definition) is 1. The lowest BCUT2D eigenvalue weighted by Gasteiger charge is -2.53. The van der Waals surface area contributed by atoms with Crippen molar-refractivity contribution in [2.75, 3.05) is 26.2 Å². The Morgan fingerprint density at radius 1 is 1.11 bits per heavy atom. The van der Waals surface area contributed by atoms with E-state index in [-0.39, 0.29) is 11.1 Å². The van der Waals surface area contributed by atoms with E-state index in [0.717, 1.165) is 32.1 Å². The van der Waals surface area contributed by atoms with E-state index in [2.05, 4.69) is 44.8 Å². The van der Waals surface area contributed by atoms with Crippen LogP contribution in [0.25, 0.3) is 0 Å². The lowest BCUT2D eigenvalue weighted by molar-refractivity contribution is -0.180. The molecule has 19 heavy (non-hydrogen) atoms. The number of nitrogens with one attached hydrogen (secondary N) is 1. The second-order valence-corrected chi connectivity index (χ2v) is 7.29. The monoisotopic (exact) mass is 268 g/mol. The third-order valence-corrected chi connectivity index (χ3v) is 5.61. The van der Waals surface area contributed by atoms with E-state index < -0.39 is 0 Å². The summed E-state index contributed by atoms with van der Waals surface area (Å²) in [7, 11) is 0. The van der Waals surface area contributed by atoms with Gasteiger partial charge in [0.2, 0.25) is 0 Å². The molecule has 0 aromatic heterocycles. The van der Waals surface area contributed by atoms with Crippen molar-refractivity contribution in [3.8, 4) is 0 Å². The molecule has 0 amide bonds. The number of ether oxygens (including phenoxy) is 1. The number of piperazine rings is 1. The maximum Gasteiger partial charge on any atom is 0.0807 e. The van der Waals surface area contributed by atoms with E-state index in [9.17, 15) is 0 Å². The van der Waals surface area contributed by atoms with Gasteiger partial charge in [0, 0.05) is 31.7 Å². The minimum Gasteiger partial charge on any atom is -0.370 e. The molecule has 0 spiro atoms. The molecule has 1 heterocycles. The van der Waals surface area contributed by atoms with Gasteiger partial charge in [-0.3, -0.25) is 4.90 Å². The Morgan fingerprint density at radius 3 is 2.21 bits per heavy atom. The van der Waals surface area contributed by atoms with E-state index in [1.54, 1.807) is 0 Å². The van der Waals surface area contributed by atoms with Gasteiger partial charge in [-0.05, 0) is 46.5 Å². The minimum absolute atomic E-state index is 0.0896. The van der Waals surface area contributed by atoms with Gasteiger partial charge in [0.05, 0.1) is 11.7 Å². The lowest BCUT2D eigenvalue weighted by atomic mass is 9.78. The molecule has 2 rings (SSSR count). The van der Waals surface area contributed by atoms with Crippen molar-refractivity contribution in [2.24, 2.45) is 5.92 Å². The average Bonchev–Trinajstić information content (AvgIpc) is 2.34. The number of hydrogen-bond acceptors (Lipinski definition) is 3. The highest BCUT2D eigenvalue weighted by Gasteiger charge is 2.45. The predicted molar refractivity (Wildman–Crippen MR) is 80.5 cm³/mol. The summed E-state index contributed by atoms with van der Waals surface area (Å²) in [6.07, 6.45) is 4.32. The Balaban J connectivity index is 1.92. The molecule has 3 heteroatoms. The van der Waals surface area contributed by atoms with Crippen LogP contribution in [0.15, 0.2) is 0 Å². The molecular weight excluding hydrogens is 236 g/mol.